The minimum atomic E-state index is -3.45. The van der Waals surface area contributed by atoms with Gasteiger partial charge < -0.3 is 4.57 Å². The topological polar surface area (TPSA) is 87.8 Å². The van der Waals surface area contributed by atoms with Crippen LogP contribution in [0.15, 0.2) is 66.7 Å². The van der Waals surface area contributed by atoms with Crippen LogP contribution in [0, 0.1) is 11.3 Å². The highest BCUT2D eigenvalue weighted by Crippen LogP contribution is 2.26. The van der Waals surface area contributed by atoms with Crippen molar-refractivity contribution in [3.63, 3.8) is 0 Å². The van der Waals surface area contributed by atoms with Crippen LogP contribution < -0.4 is 4.72 Å². The number of imidazole rings is 1. The minimum Gasteiger partial charge on any atom is -0.323 e. The molecule has 6 nitrogen and oxygen atoms in total. The molecule has 37 heavy (non-hydrogen) atoms. The van der Waals surface area contributed by atoms with Gasteiger partial charge in [0.15, 0.2) is 0 Å². The number of benzene rings is 3. The Morgan fingerprint density at radius 2 is 1.81 bits per heavy atom. The van der Waals surface area contributed by atoms with Gasteiger partial charge in [-0.25, -0.2) is 13.4 Å². The molecule has 0 aliphatic carbocycles. The van der Waals surface area contributed by atoms with Crippen LogP contribution in [0.5, 0.6) is 0 Å². The first-order valence-electron chi connectivity index (χ1n) is 12.6. The Bertz CT molecular complexity index is 1510. The van der Waals surface area contributed by atoms with Crippen molar-refractivity contribution in [2.45, 2.75) is 45.6 Å². The zero-order chi connectivity index (χ0) is 26.3. The lowest BCUT2D eigenvalue weighted by Crippen LogP contribution is -2.16. The van der Waals surface area contributed by atoms with Crippen LogP contribution in [0.25, 0.3) is 22.2 Å². The number of hydrogen-bond donors (Lipinski definition) is 1. The summed E-state index contributed by atoms with van der Waals surface area (Å²) in [6, 6.07) is 23.6. The maximum absolute atomic E-state index is 12.5. The van der Waals surface area contributed by atoms with Gasteiger partial charge in [0.05, 0.1) is 34.1 Å². The maximum atomic E-state index is 12.5. The number of unbranched alkanes of at least 4 members (excludes halogenated alkanes) is 2. The molecule has 0 saturated heterocycles. The van der Waals surface area contributed by atoms with Crippen molar-refractivity contribution >= 4 is 38.3 Å². The molecule has 1 heterocycles. The average Bonchev–Trinajstić information content (AvgIpc) is 3.24. The first-order valence-corrected chi connectivity index (χ1v) is 14.8. The first kappa shape index (κ1) is 26.7. The Morgan fingerprint density at radius 3 is 2.54 bits per heavy atom. The van der Waals surface area contributed by atoms with Gasteiger partial charge in [-0.05, 0) is 60.2 Å². The lowest BCUT2D eigenvalue weighted by molar-refractivity contribution is 0.598. The lowest BCUT2D eigenvalue weighted by Gasteiger charge is -2.12. The summed E-state index contributed by atoms with van der Waals surface area (Å²) >= 11 is 5.69. The average molecular weight is 535 g/mol. The molecule has 0 aliphatic rings. The van der Waals surface area contributed by atoms with Gasteiger partial charge in [0.25, 0.3) is 0 Å². The van der Waals surface area contributed by atoms with E-state index in [-0.39, 0.29) is 5.75 Å². The van der Waals surface area contributed by atoms with E-state index in [1.54, 1.807) is 6.07 Å². The van der Waals surface area contributed by atoms with Gasteiger partial charge in [-0.15, -0.1) is 11.6 Å². The molecule has 0 amide bonds. The van der Waals surface area contributed by atoms with Gasteiger partial charge in [-0.3, -0.25) is 4.72 Å². The van der Waals surface area contributed by atoms with E-state index in [9.17, 15) is 13.7 Å². The number of hydrogen-bond acceptors (Lipinski definition) is 4. The number of nitriles is 1. The van der Waals surface area contributed by atoms with Crippen molar-refractivity contribution in [1.29, 1.82) is 5.26 Å². The fourth-order valence-corrected chi connectivity index (χ4v) is 5.72. The van der Waals surface area contributed by atoms with Gasteiger partial charge in [-0.2, -0.15) is 5.26 Å². The second kappa shape index (κ2) is 12.3. The second-order valence-electron chi connectivity index (χ2n) is 9.09. The monoisotopic (exact) mass is 534 g/mol. The lowest BCUT2D eigenvalue weighted by atomic mass is 9.99. The number of fused-ring (bicyclic) bond motifs is 1. The van der Waals surface area contributed by atoms with Crippen molar-refractivity contribution in [3.05, 3.63) is 83.7 Å². The molecule has 4 rings (SSSR count). The van der Waals surface area contributed by atoms with E-state index in [4.69, 9.17) is 16.6 Å². The third kappa shape index (κ3) is 6.71. The summed E-state index contributed by atoms with van der Waals surface area (Å²) in [5.74, 6) is 1.48. The Hall–Kier alpha value is -3.34. The summed E-state index contributed by atoms with van der Waals surface area (Å²) in [6.45, 7) is 2.77. The molecule has 1 aromatic heterocycles. The number of anilines is 1. The fraction of sp³-hybridized carbons (Fsp3) is 0.310. The molecule has 0 unspecified atom stereocenters. The number of aromatic nitrogens is 2. The van der Waals surface area contributed by atoms with E-state index in [1.165, 1.54) is 0 Å². The SMILES string of the molecule is CCCCc1nc2ccc(NS(=O)(=O)CCCCCl)cc2n1Cc1ccc(-c2ccccc2C#N)cc1. The summed E-state index contributed by atoms with van der Waals surface area (Å²) in [7, 11) is -3.45. The zero-order valence-electron chi connectivity index (χ0n) is 21.0. The van der Waals surface area contributed by atoms with Crippen LogP contribution in [0.3, 0.4) is 0 Å². The van der Waals surface area contributed by atoms with E-state index in [2.05, 4.69) is 34.4 Å². The molecule has 8 heteroatoms. The predicted molar refractivity (Wildman–Crippen MR) is 151 cm³/mol. The molecule has 0 bridgehead atoms. The van der Waals surface area contributed by atoms with Gasteiger partial charge >= 0.3 is 0 Å². The molecule has 1 N–H and O–H groups in total. The van der Waals surface area contributed by atoms with Crippen LogP contribution in [-0.4, -0.2) is 29.6 Å². The van der Waals surface area contributed by atoms with Crippen LogP contribution in [0.1, 0.15) is 49.6 Å². The molecule has 0 saturated carbocycles. The summed E-state index contributed by atoms with van der Waals surface area (Å²) in [4.78, 5) is 4.87. The molecule has 0 aliphatic heterocycles. The zero-order valence-corrected chi connectivity index (χ0v) is 22.5. The molecule has 192 valence electrons. The molecule has 0 fully saturated rings. The number of rotatable bonds is 12. The quantitative estimate of drug-likeness (QED) is 0.161. The Labute approximate surface area is 224 Å². The van der Waals surface area contributed by atoms with Gasteiger partial charge in [0, 0.05) is 18.8 Å². The van der Waals surface area contributed by atoms with Gasteiger partial charge in [0.2, 0.25) is 10.0 Å². The van der Waals surface area contributed by atoms with Crippen LogP contribution in [0.4, 0.5) is 5.69 Å². The standard InChI is InChI=1S/C29H31ClN4O2S/c1-2-3-10-29-32-27-16-15-25(33-37(35,36)18-7-6-17-30)19-28(27)34(29)21-22-11-13-23(14-12-22)26-9-5-4-8-24(26)20-31/h4-5,8-9,11-16,19,33H,2-3,6-7,10,17-18,21H2,1H3. The molecule has 0 spiro atoms. The van der Waals surface area contributed by atoms with Crippen molar-refractivity contribution in [1.82, 2.24) is 9.55 Å². The summed E-state index contributed by atoms with van der Waals surface area (Å²) < 4.78 is 29.9. The Balaban J connectivity index is 1.64. The van der Waals surface area contributed by atoms with Crippen molar-refractivity contribution < 1.29 is 8.42 Å². The smallest absolute Gasteiger partial charge is 0.232 e. The molecular weight excluding hydrogens is 504 g/mol. The van der Waals surface area contributed by atoms with Crippen LogP contribution >= 0.6 is 11.6 Å². The first-order chi connectivity index (χ1) is 17.9. The van der Waals surface area contributed by atoms with E-state index in [1.807, 2.05) is 48.5 Å². The van der Waals surface area contributed by atoms with Gasteiger partial charge in [0.1, 0.15) is 5.82 Å². The van der Waals surface area contributed by atoms with E-state index >= 15 is 0 Å². The largest absolute Gasteiger partial charge is 0.323 e. The summed E-state index contributed by atoms with van der Waals surface area (Å²) in [5.41, 5.74) is 5.93. The summed E-state index contributed by atoms with van der Waals surface area (Å²) in [6.07, 6.45) is 4.11. The number of nitrogens with one attached hydrogen (secondary N) is 1. The van der Waals surface area contributed by atoms with Crippen molar-refractivity contribution in [2.75, 3.05) is 16.4 Å². The second-order valence-corrected chi connectivity index (χ2v) is 11.3. The highest BCUT2D eigenvalue weighted by molar-refractivity contribution is 7.92. The third-order valence-electron chi connectivity index (χ3n) is 6.30. The Morgan fingerprint density at radius 1 is 1.03 bits per heavy atom. The Kier molecular flexibility index (Phi) is 8.86. The number of aryl methyl sites for hydroxylation is 1. The molecule has 3 aromatic carbocycles. The van der Waals surface area contributed by atoms with Crippen LogP contribution in [-0.2, 0) is 23.0 Å². The number of halogens is 1. The summed E-state index contributed by atoms with van der Waals surface area (Å²) in [5, 5.41) is 9.45. The predicted octanol–water partition coefficient (Wildman–Crippen LogP) is 6.73. The minimum absolute atomic E-state index is 0.0417. The normalized spacial score (nSPS) is 11.5. The van der Waals surface area contributed by atoms with Gasteiger partial charge in [-0.1, -0.05) is 55.8 Å². The van der Waals surface area contributed by atoms with Crippen LogP contribution in [0.2, 0.25) is 0 Å². The number of alkyl halides is 1. The number of sulfonamides is 1. The van der Waals surface area contributed by atoms with E-state index in [0.29, 0.717) is 36.5 Å². The number of nitrogens with zero attached hydrogens (tertiary/aromatic N) is 3. The highest BCUT2D eigenvalue weighted by Gasteiger charge is 2.15. The molecule has 0 atom stereocenters. The molecule has 0 radical (unpaired) electrons. The maximum Gasteiger partial charge on any atom is 0.232 e. The van der Waals surface area contributed by atoms with Crippen molar-refractivity contribution in [3.8, 4) is 17.2 Å². The molecular formula is C29H31ClN4O2S. The third-order valence-corrected chi connectivity index (χ3v) is 7.94. The fourth-order valence-electron chi connectivity index (χ4n) is 4.36. The highest BCUT2D eigenvalue weighted by atomic mass is 35.5. The van der Waals surface area contributed by atoms with E-state index < -0.39 is 10.0 Å². The van der Waals surface area contributed by atoms with E-state index in [0.717, 1.165) is 52.8 Å². The van der Waals surface area contributed by atoms with Crippen molar-refractivity contribution in [2.24, 2.45) is 0 Å². The molecule has 4 aromatic rings.